The zero-order valence-electron chi connectivity index (χ0n) is 14.2. The van der Waals surface area contributed by atoms with Crippen LogP contribution in [0.4, 0.5) is 23.9 Å². The van der Waals surface area contributed by atoms with E-state index in [9.17, 15) is 23.1 Å². The van der Waals surface area contributed by atoms with Crippen molar-refractivity contribution in [1.29, 1.82) is 0 Å². The standard InChI is InChI=1S/C15H21F3N4O3/c1-14(2,3)25-13(24)22-5-4-21(8-11(22)9-23)12-19-6-10(7-20-12)15(16,17)18/h6-7,11,23H,4-5,8-9H2,1-3H3. The molecule has 1 aromatic heterocycles. The maximum atomic E-state index is 12.6. The lowest BCUT2D eigenvalue weighted by atomic mass is 10.2. The van der Waals surface area contributed by atoms with E-state index in [1.807, 2.05) is 0 Å². The van der Waals surface area contributed by atoms with Gasteiger partial charge in [-0.2, -0.15) is 13.2 Å². The Morgan fingerprint density at radius 3 is 2.36 bits per heavy atom. The summed E-state index contributed by atoms with van der Waals surface area (Å²) in [5.41, 5.74) is -1.59. The number of aliphatic hydroxyl groups excluding tert-OH is 1. The normalized spacial score (nSPS) is 19.1. The van der Waals surface area contributed by atoms with E-state index in [0.717, 1.165) is 12.4 Å². The van der Waals surface area contributed by atoms with E-state index in [1.165, 1.54) is 4.90 Å². The number of carbonyl (C=O) groups is 1. The Morgan fingerprint density at radius 2 is 1.88 bits per heavy atom. The average molecular weight is 362 g/mol. The van der Waals surface area contributed by atoms with Crippen LogP contribution in [0.5, 0.6) is 0 Å². The molecule has 1 unspecified atom stereocenters. The summed E-state index contributed by atoms with van der Waals surface area (Å²) in [5, 5.41) is 9.56. The van der Waals surface area contributed by atoms with Gasteiger partial charge in [0.2, 0.25) is 5.95 Å². The summed E-state index contributed by atoms with van der Waals surface area (Å²) in [6.45, 7) is 5.67. The summed E-state index contributed by atoms with van der Waals surface area (Å²) >= 11 is 0. The fourth-order valence-electron chi connectivity index (χ4n) is 2.39. The number of ether oxygens (including phenoxy) is 1. The van der Waals surface area contributed by atoms with E-state index in [-0.39, 0.29) is 25.6 Å². The number of carbonyl (C=O) groups excluding carboxylic acids is 1. The van der Waals surface area contributed by atoms with E-state index >= 15 is 0 Å². The van der Waals surface area contributed by atoms with Crippen LogP contribution in [0, 0.1) is 0 Å². The molecule has 1 amide bonds. The van der Waals surface area contributed by atoms with Crippen molar-refractivity contribution in [3.8, 4) is 0 Å². The zero-order chi connectivity index (χ0) is 18.8. The van der Waals surface area contributed by atoms with Crippen LogP contribution in [-0.2, 0) is 10.9 Å². The Hall–Kier alpha value is -2.10. The number of hydrogen-bond donors (Lipinski definition) is 1. The Bertz CT molecular complexity index is 602. The van der Waals surface area contributed by atoms with Gasteiger partial charge in [0.15, 0.2) is 0 Å². The number of anilines is 1. The third kappa shape index (κ3) is 4.94. The van der Waals surface area contributed by atoms with Crippen molar-refractivity contribution in [2.75, 3.05) is 31.1 Å². The van der Waals surface area contributed by atoms with Crippen LogP contribution in [0.25, 0.3) is 0 Å². The number of aliphatic hydroxyl groups is 1. The van der Waals surface area contributed by atoms with Gasteiger partial charge in [-0.05, 0) is 20.8 Å². The third-order valence-corrected chi connectivity index (χ3v) is 3.57. The van der Waals surface area contributed by atoms with Crippen molar-refractivity contribution in [2.24, 2.45) is 0 Å². The van der Waals surface area contributed by atoms with Crippen LogP contribution in [0.15, 0.2) is 12.4 Å². The largest absolute Gasteiger partial charge is 0.444 e. The maximum Gasteiger partial charge on any atom is 0.419 e. The molecule has 0 spiro atoms. The summed E-state index contributed by atoms with van der Waals surface area (Å²) in [4.78, 5) is 22.7. The second kappa shape index (κ2) is 7.03. The quantitative estimate of drug-likeness (QED) is 0.866. The number of alkyl halides is 3. The third-order valence-electron chi connectivity index (χ3n) is 3.57. The van der Waals surface area contributed by atoms with Crippen LogP contribution in [-0.4, -0.2) is 64.0 Å². The van der Waals surface area contributed by atoms with Crippen molar-refractivity contribution in [2.45, 2.75) is 38.6 Å². The molecule has 1 N–H and O–H groups in total. The number of hydrogen-bond acceptors (Lipinski definition) is 6. The van der Waals surface area contributed by atoms with Crippen molar-refractivity contribution >= 4 is 12.0 Å². The molecule has 140 valence electrons. The number of amides is 1. The minimum Gasteiger partial charge on any atom is -0.444 e. The minimum atomic E-state index is -4.50. The van der Waals surface area contributed by atoms with Crippen LogP contribution in [0.2, 0.25) is 0 Å². The molecular formula is C15H21F3N4O3. The topological polar surface area (TPSA) is 78.8 Å². The van der Waals surface area contributed by atoms with E-state index in [4.69, 9.17) is 4.74 Å². The number of piperazine rings is 1. The fourth-order valence-corrected chi connectivity index (χ4v) is 2.39. The molecule has 1 aromatic rings. The number of halogens is 3. The molecular weight excluding hydrogens is 341 g/mol. The molecule has 0 aromatic carbocycles. The molecule has 2 rings (SSSR count). The van der Waals surface area contributed by atoms with Gasteiger partial charge in [-0.3, -0.25) is 4.90 Å². The molecule has 0 bridgehead atoms. The number of rotatable bonds is 2. The molecule has 0 saturated carbocycles. The second-order valence-electron chi connectivity index (χ2n) is 6.73. The summed E-state index contributed by atoms with van der Waals surface area (Å²) in [6, 6.07) is -0.561. The van der Waals surface area contributed by atoms with Gasteiger partial charge in [0.05, 0.1) is 18.2 Å². The first kappa shape index (κ1) is 19.2. The molecule has 25 heavy (non-hydrogen) atoms. The van der Waals surface area contributed by atoms with Gasteiger partial charge in [0, 0.05) is 32.0 Å². The van der Waals surface area contributed by atoms with Gasteiger partial charge in [0.1, 0.15) is 5.60 Å². The highest BCUT2D eigenvalue weighted by atomic mass is 19.4. The SMILES string of the molecule is CC(C)(C)OC(=O)N1CCN(c2ncc(C(F)(F)F)cn2)CC1CO. The molecule has 2 heterocycles. The summed E-state index contributed by atoms with van der Waals surface area (Å²) in [6.07, 6.45) is -3.60. The monoisotopic (exact) mass is 362 g/mol. The second-order valence-corrected chi connectivity index (χ2v) is 6.73. The summed E-state index contributed by atoms with van der Waals surface area (Å²) in [7, 11) is 0. The lowest BCUT2D eigenvalue weighted by molar-refractivity contribution is -0.138. The van der Waals surface area contributed by atoms with Gasteiger partial charge < -0.3 is 14.7 Å². The summed E-state index contributed by atoms with van der Waals surface area (Å²) in [5.74, 6) is 0.121. The van der Waals surface area contributed by atoms with Crippen molar-refractivity contribution in [3.05, 3.63) is 18.0 Å². The molecule has 10 heteroatoms. The van der Waals surface area contributed by atoms with Crippen molar-refractivity contribution < 1.29 is 27.8 Å². The maximum absolute atomic E-state index is 12.6. The zero-order valence-corrected chi connectivity index (χ0v) is 14.2. The smallest absolute Gasteiger partial charge is 0.419 e. The van der Waals surface area contributed by atoms with E-state index in [1.54, 1.807) is 25.7 Å². The fraction of sp³-hybridized carbons (Fsp3) is 0.667. The first-order valence-corrected chi connectivity index (χ1v) is 7.76. The predicted molar refractivity (Wildman–Crippen MR) is 83.1 cm³/mol. The van der Waals surface area contributed by atoms with Gasteiger partial charge in [-0.15, -0.1) is 0 Å². The van der Waals surface area contributed by atoms with E-state index in [2.05, 4.69) is 9.97 Å². The highest BCUT2D eigenvalue weighted by molar-refractivity contribution is 5.69. The Labute approximate surface area is 143 Å². The first-order chi connectivity index (χ1) is 11.5. The molecule has 1 fully saturated rings. The molecule has 1 atom stereocenters. The number of aromatic nitrogens is 2. The molecule has 1 aliphatic rings. The first-order valence-electron chi connectivity index (χ1n) is 7.76. The molecule has 1 aliphatic heterocycles. The van der Waals surface area contributed by atoms with Gasteiger partial charge in [-0.25, -0.2) is 14.8 Å². The molecule has 0 aliphatic carbocycles. The van der Waals surface area contributed by atoms with Crippen molar-refractivity contribution in [3.63, 3.8) is 0 Å². The Morgan fingerprint density at radius 1 is 1.28 bits per heavy atom. The molecule has 0 radical (unpaired) electrons. The van der Waals surface area contributed by atoms with Crippen LogP contribution >= 0.6 is 0 Å². The number of nitrogens with zero attached hydrogens (tertiary/aromatic N) is 4. The van der Waals surface area contributed by atoms with E-state index in [0.29, 0.717) is 6.54 Å². The lowest BCUT2D eigenvalue weighted by Crippen LogP contribution is -2.57. The van der Waals surface area contributed by atoms with Crippen molar-refractivity contribution in [1.82, 2.24) is 14.9 Å². The van der Waals surface area contributed by atoms with Gasteiger partial charge >= 0.3 is 12.3 Å². The van der Waals surface area contributed by atoms with Crippen LogP contribution in [0.3, 0.4) is 0 Å². The Kier molecular flexibility index (Phi) is 5.40. The lowest BCUT2D eigenvalue weighted by Gasteiger charge is -2.40. The highest BCUT2D eigenvalue weighted by Gasteiger charge is 2.35. The molecule has 1 saturated heterocycles. The highest BCUT2D eigenvalue weighted by Crippen LogP contribution is 2.28. The van der Waals surface area contributed by atoms with Gasteiger partial charge in [0.25, 0.3) is 0 Å². The molecule has 7 nitrogen and oxygen atoms in total. The average Bonchev–Trinajstić information content (AvgIpc) is 2.52. The predicted octanol–water partition coefficient (Wildman–Crippen LogP) is 1.91. The van der Waals surface area contributed by atoms with Crippen LogP contribution < -0.4 is 4.90 Å². The minimum absolute atomic E-state index is 0.121. The van der Waals surface area contributed by atoms with Gasteiger partial charge in [-0.1, -0.05) is 0 Å². The van der Waals surface area contributed by atoms with Crippen LogP contribution in [0.1, 0.15) is 26.3 Å². The summed E-state index contributed by atoms with van der Waals surface area (Å²) < 4.78 is 43.0. The van der Waals surface area contributed by atoms with E-state index < -0.39 is 29.5 Å². The Balaban J connectivity index is 2.07.